The van der Waals surface area contributed by atoms with E-state index in [2.05, 4.69) is 13.5 Å². The highest BCUT2D eigenvalue weighted by Crippen LogP contribution is 2.47. The van der Waals surface area contributed by atoms with E-state index in [1.54, 1.807) is 32.1 Å². The van der Waals surface area contributed by atoms with Crippen molar-refractivity contribution in [3.05, 3.63) is 36.5 Å². The van der Waals surface area contributed by atoms with Gasteiger partial charge in [0.2, 0.25) is 5.79 Å². The number of ketones is 1. The van der Waals surface area contributed by atoms with Gasteiger partial charge in [-0.1, -0.05) is 58.6 Å². The van der Waals surface area contributed by atoms with Crippen LogP contribution in [-0.4, -0.2) is 115 Å². The summed E-state index contributed by atoms with van der Waals surface area (Å²) in [5.74, 6) is -4.39. The number of Topliss-reactive ketones (excluding diaryl/α,β-unsaturated/α-hetero) is 1. The number of aliphatic hydroxyl groups excluding tert-OH is 2. The number of unbranched alkanes of at least 4 members (excludes halogenated alkanes) is 4. The molecule has 0 saturated carbocycles. The third kappa shape index (κ3) is 15.1. The zero-order valence-corrected chi connectivity index (χ0v) is 33.1. The predicted octanol–water partition coefficient (Wildman–Crippen LogP) is 4.70. The Bertz CT molecular complexity index is 1310. The number of carbonyl (C=O) groups is 4. The Labute approximate surface area is 325 Å². The summed E-state index contributed by atoms with van der Waals surface area (Å²) in [6.45, 7) is 8.98. The van der Waals surface area contributed by atoms with Crippen LogP contribution in [0, 0.1) is 5.41 Å². The standard InChI is InChI=1S/C41H64O14/c1-6-8-10-11-12-14-35(45)54-39-28(22-36(46)49-5)21-33-26-34(27-42)51-37(47)24-30(44)16-19-50-20-17-31-25-32(23-29(43)13-9-7-2)53-38(52-31)15-18-40(3,4)41(39,48)55-33/h7,15,18,22,30-34,38-39,42,44,48H,2,6,8-14,16-17,19-21,23-27H2,1,3-5H3/b18-15+,28-22+/t30-,31-,32?,33+,34-,38-,39+,41-/m1/s1. The van der Waals surface area contributed by atoms with Gasteiger partial charge in [-0.05, 0) is 43.8 Å². The third-order valence-electron chi connectivity index (χ3n) is 10.2. The van der Waals surface area contributed by atoms with E-state index in [4.69, 9.17) is 33.2 Å². The Balaban J connectivity index is 2.04. The van der Waals surface area contributed by atoms with Crippen molar-refractivity contribution in [2.24, 2.45) is 5.41 Å². The fourth-order valence-corrected chi connectivity index (χ4v) is 6.96. The lowest BCUT2D eigenvalue weighted by Gasteiger charge is -2.51. The number of esters is 3. The summed E-state index contributed by atoms with van der Waals surface area (Å²) in [4.78, 5) is 51.6. The van der Waals surface area contributed by atoms with Crippen molar-refractivity contribution in [1.29, 1.82) is 0 Å². The maximum atomic E-state index is 13.4. The quantitative estimate of drug-likeness (QED) is 0.0722. The van der Waals surface area contributed by atoms with Gasteiger partial charge in [-0.25, -0.2) is 4.79 Å². The fraction of sp³-hybridized carbons (Fsp3) is 0.756. The monoisotopic (exact) mass is 780 g/mol. The summed E-state index contributed by atoms with van der Waals surface area (Å²) in [6, 6.07) is 0. The Morgan fingerprint density at radius 1 is 1.00 bits per heavy atom. The van der Waals surface area contributed by atoms with Gasteiger partial charge in [0.15, 0.2) is 12.4 Å². The molecule has 2 fully saturated rings. The van der Waals surface area contributed by atoms with Crippen LogP contribution in [0.2, 0.25) is 0 Å². The lowest BCUT2D eigenvalue weighted by Crippen LogP contribution is -2.62. The van der Waals surface area contributed by atoms with E-state index < -0.39 is 72.5 Å². The summed E-state index contributed by atoms with van der Waals surface area (Å²) < 4.78 is 41.1. The molecule has 0 spiro atoms. The van der Waals surface area contributed by atoms with Crippen LogP contribution in [-0.2, 0) is 52.3 Å². The third-order valence-corrected chi connectivity index (χ3v) is 10.2. The number of fused-ring (bicyclic) bond motifs is 4. The Kier molecular flexibility index (Phi) is 19.7. The van der Waals surface area contributed by atoms with Crippen molar-refractivity contribution in [3.8, 4) is 0 Å². The Hall–Kier alpha value is -2.98. The number of hydrogen-bond donors (Lipinski definition) is 3. The van der Waals surface area contributed by atoms with E-state index in [1.807, 2.05) is 0 Å². The van der Waals surface area contributed by atoms with Gasteiger partial charge in [0.1, 0.15) is 11.9 Å². The van der Waals surface area contributed by atoms with Crippen molar-refractivity contribution in [2.75, 3.05) is 26.9 Å². The summed E-state index contributed by atoms with van der Waals surface area (Å²) in [7, 11) is 1.20. The number of ether oxygens (including phenoxy) is 7. The molecule has 0 radical (unpaired) electrons. The molecular formula is C41H64O14. The van der Waals surface area contributed by atoms with Gasteiger partial charge in [0.05, 0.1) is 44.6 Å². The molecule has 8 atom stereocenters. The molecule has 0 aliphatic carbocycles. The van der Waals surface area contributed by atoms with Gasteiger partial charge in [-0.2, -0.15) is 0 Å². The molecule has 3 aliphatic rings. The van der Waals surface area contributed by atoms with Gasteiger partial charge in [-0.15, -0.1) is 6.58 Å². The topological polar surface area (TPSA) is 194 Å². The molecule has 2 saturated heterocycles. The number of rotatable bonds is 14. The summed E-state index contributed by atoms with van der Waals surface area (Å²) >= 11 is 0. The maximum Gasteiger partial charge on any atom is 0.330 e. The first-order valence-electron chi connectivity index (χ1n) is 19.8. The molecule has 55 heavy (non-hydrogen) atoms. The highest BCUT2D eigenvalue weighted by atomic mass is 16.7. The van der Waals surface area contributed by atoms with Crippen LogP contribution in [0.1, 0.15) is 117 Å². The second-order valence-electron chi connectivity index (χ2n) is 15.3. The number of aliphatic hydroxyl groups is 3. The molecule has 0 aromatic rings. The van der Waals surface area contributed by atoms with Crippen LogP contribution in [0.4, 0.5) is 0 Å². The summed E-state index contributed by atoms with van der Waals surface area (Å²) in [6.07, 6.45) is 5.88. The minimum absolute atomic E-state index is 0.0240. The molecule has 3 N–H and O–H groups in total. The largest absolute Gasteiger partial charge is 0.466 e. The lowest BCUT2D eigenvalue weighted by molar-refractivity contribution is -0.327. The molecule has 14 heteroatoms. The smallest absolute Gasteiger partial charge is 0.330 e. The summed E-state index contributed by atoms with van der Waals surface area (Å²) in [5, 5.41) is 33.4. The van der Waals surface area contributed by atoms with E-state index in [1.165, 1.54) is 7.11 Å². The van der Waals surface area contributed by atoms with Crippen LogP contribution in [0.15, 0.2) is 36.5 Å². The molecule has 3 rings (SSSR count). The van der Waals surface area contributed by atoms with Crippen molar-refractivity contribution < 1.29 is 67.7 Å². The fourth-order valence-electron chi connectivity index (χ4n) is 6.96. The average Bonchev–Trinajstić information content (AvgIpc) is 3.13. The number of hydrogen-bond acceptors (Lipinski definition) is 14. The van der Waals surface area contributed by atoms with Crippen LogP contribution in [0.5, 0.6) is 0 Å². The van der Waals surface area contributed by atoms with Crippen LogP contribution in [0.25, 0.3) is 0 Å². The van der Waals surface area contributed by atoms with E-state index >= 15 is 0 Å². The van der Waals surface area contributed by atoms with Gasteiger partial charge < -0.3 is 48.5 Å². The van der Waals surface area contributed by atoms with Crippen LogP contribution in [0.3, 0.4) is 0 Å². The van der Waals surface area contributed by atoms with Crippen LogP contribution >= 0.6 is 0 Å². The minimum Gasteiger partial charge on any atom is -0.466 e. The summed E-state index contributed by atoms with van der Waals surface area (Å²) in [5.41, 5.74) is -1.18. The van der Waals surface area contributed by atoms with Crippen LogP contribution < -0.4 is 0 Å². The zero-order chi connectivity index (χ0) is 40.4. The molecule has 3 aliphatic heterocycles. The molecule has 14 nitrogen and oxygen atoms in total. The first-order valence-corrected chi connectivity index (χ1v) is 19.8. The molecule has 0 aromatic carbocycles. The van der Waals surface area contributed by atoms with Crippen molar-refractivity contribution in [3.63, 3.8) is 0 Å². The SMILES string of the molecule is C=CCCC(=O)CC1C[C@H]2CCOCC[C@@H](O)CC(=O)O[C@@H](CO)C[C@@H]3C/C(=C\C(=O)OC)[C@H](OC(=O)CCCCCCC)[C@@](O)(O3)C(C)(C)/C=C/[C@@H](O1)O2. The first-order chi connectivity index (χ1) is 26.2. The zero-order valence-electron chi connectivity index (χ0n) is 33.1. The highest BCUT2D eigenvalue weighted by molar-refractivity contribution is 5.83. The van der Waals surface area contributed by atoms with E-state index in [0.29, 0.717) is 32.1 Å². The minimum atomic E-state index is -2.33. The van der Waals surface area contributed by atoms with Crippen molar-refractivity contribution in [1.82, 2.24) is 0 Å². The number of allylic oxidation sites excluding steroid dienone is 1. The normalized spacial score (nSPS) is 32.1. The number of carbonyl (C=O) groups excluding carboxylic acids is 4. The van der Waals surface area contributed by atoms with E-state index in [0.717, 1.165) is 31.8 Å². The van der Waals surface area contributed by atoms with E-state index in [-0.39, 0.29) is 69.2 Å². The average molecular weight is 781 g/mol. The van der Waals surface area contributed by atoms with Crippen molar-refractivity contribution in [2.45, 2.75) is 166 Å². The van der Waals surface area contributed by atoms with Gasteiger partial charge >= 0.3 is 17.9 Å². The highest BCUT2D eigenvalue weighted by Gasteiger charge is 2.57. The molecule has 3 heterocycles. The second-order valence-corrected chi connectivity index (χ2v) is 15.3. The van der Waals surface area contributed by atoms with Gasteiger partial charge in [0.25, 0.3) is 0 Å². The van der Waals surface area contributed by atoms with Gasteiger partial charge in [-0.3, -0.25) is 14.4 Å². The Morgan fingerprint density at radius 2 is 1.73 bits per heavy atom. The van der Waals surface area contributed by atoms with Crippen molar-refractivity contribution >= 4 is 23.7 Å². The molecule has 0 aromatic heterocycles. The first kappa shape index (κ1) is 46.4. The number of methoxy groups -OCH3 is 1. The molecule has 4 bridgehead atoms. The molecular weight excluding hydrogens is 716 g/mol. The molecule has 312 valence electrons. The lowest BCUT2D eigenvalue weighted by atomic mass is 9.74. The predicted molar refractivity (Wildman–Crippen MR) is 200 cm³/mol. The van der Waals surface area contributed by atoms with Gasteiger partial charge in [0, 0.05) is 56.8 Å². The Morgan fingerprint density at radius 3 is 2.44 bits per heavy atom. The van der Waals surface area contributed by atoms with E-state index in [9.17, 15) is 34.5 Å². The number of cyclic esters (lactones) is 1. The molecule has 1 unspecified atom stereocenters. The maximum absolute atomic E-state index is 13.4. The molecule has 0 amide bonds. The second kappa shape index (κ2) is 23.3.